The van der Waals surface area contributed by atoms with Crippen molar-refractivity contribution in [3.05, 3.63) is 95.1 Å². The molecule has 0 unspecified atom stereocenters. The monoisotopic (exact) mass is 465 g/mol. The predicted molar refractivity (Wildman–Crippen MR) is 132 cm³/mol. The topological polar surface area (TPSA) is 63.7 Å². The van der Waals surface area contributed by atoms with Gasteiger partial charge in [-0.15, -0.1) is 0 Å². The van der Waals surface area contributed by atoms with Crippen LogP contribution < -0.4 is 9.64 Å². The summed E-state index contributed by atoms with van der Waals surface area (Å²) in [7, 11) is 0. The van der Waals surface area contributed by atoms with E-state index >= 15 is 0 Å². The van der Waals surface area contributed by atoms with E-state index in [1.54, 1.807) is 24.3 Å². The van der Waals surface area contributed by atoms with Gasteiger partial charge < -0.3 is 4.74 Å². The predicted octanol–water partition coefficient (Wildman–Crippen LogP) is 5.57. The Kier molecular flexibility index (Phi) is 5.28. The van der Waals surface area contributed by atoms with Gasteiger partial charge in [0.1, 0.15) is 0 Å². The zero-order valence-corrected chi connectivity index (χ0v) is 19.6. The van der Waals surface area contributed by atoms with Gasteiger partial charge >= 0.3 is 5.97 Å². The Balaban J connectivity index is 1.40. The van der Waals surface area contributed by atoms with Crippen LogP contribution in [-0.2, 0) is 14.4 Å². The second-order valence-corrected chi connectivity index (χ2v) is 9.68. The Morgan fingerprint density at radius 2 is 1.23 bits per heavy atom. The lowest BCUT2D eigenvalue weighted by molar-refractivity contribution is -0.134. The van der Waals surface area contributed by atoms with E-state index in [2.05, 4.69) is 31.2 Å². The van der Waals surface area contributed by atoms with Crippen molar-refractivity contribution in [3.63, 3.8) is 0 Å². The number of ether oxygens (including phenoxy) is 1. The van der Waals surface area contributed by atoms with Crippen molar-refractivity contribution >= 4 is 23.5 Å². The van der Waals surface area contributed by atoms with Crippen molar-refractivity contribution in [2.75, 3.05) is 4.90 Å². The largest absolute Gasteiger partial charge is 0.424 e. The lowest BCUT2D eigenvalue weighted by atomic mass is 9.55. The maximum absolute atomic E-state index is 14.0. The van der Waals surface area contributed by atoms with Crippen LogP contribution in [0.5, 0.6) is 5.75 Å². The van der Waals surface area contributed by atoms with Gasteiger partial charge in [0.05, 0.1) is 17.5 Å². The number of hydrogen-bond donors (Lipinski definition) is 0. The third-order valence-electron chi connectivity index (χ3n) is 7.76. The molecule has 0 saturated carbocycles. The minimum absolute atomic E-state index is 0.164. The van der Waals surface area contributed by atoms with E-state index in [1.165, 1.54) is 4.90 Å². The highest BCUT2D eigenvalue weighted by Crippen LogP contribution is 2.61. The number of carbonyl (C=O) groups excluding carboxylic acids is 3. The molecule has 3 aromatic carbocycles. The van der Waals surface area contributed by atoms with Crippen LogP contribution in [-0.4, -0.2) is 17.8 Å². The molecule has 3 aliphatic carbocycles. The highest BCUT2D eigenvalue weighted by molar-refractivity contribution is 6.24. The summed E-state index contributed by atoms with van der Waals surface area (Å²) in [5.41, 5.74) is 4.90. The average Bonchev–Trinajstić information content (AvgIpc) is 3.15. The minimum atomic E-state index is -0.467. The summed E-state index contributed by atoms with van der Waals surface area (Å²) >= 11 is 0. The van der Waals surface area contributed by atoms with Gasteiger partial charge in [0.2, 0.25) is 11.8 Å². The SMILES string of the molecule is CCCCCC(=O)Oc1ccccc1N1C(=O)[C@@H]2C3c4ccccc4C(c4ccccc43)[C@H]2C1=O. The summed E-state index contributed by atoms with van der Waals surface area (Å²) in [5.74, 6) is -1.78. The summed E-state index contributed by atoms with van der Waals surface area (Å²) < 4.78 is 5.66. The average molecular weight is 466 g/mol. The maximum atomic E-state index is 14.0. The Morgan fingerprint density at radius 3 is 1.74 bits per heavy atom. The standard InChI is InChI=1S/C30H27NO4/c1-2-3-4-17-24(32)35-23-16-10-9-15-22(23)31-29(33)27-25-18-11-5-6-12-19(18)26(28(27)30(31)34)21-14-8-7-13-20(21)25/h5-16,25-28H,2-4,17H2,1H3/t25?,26?,27-,28-/m1/s1. The first-order valence-electron chi connectivity index (χ1n) is 12.5. The van der Waals surface area contributed by atoms with Crippen LogP contribution in [0, 0.1) is 11.8 Å². The van der Waals surface area contributed by atoms with Crippen LogP contribution in [0.4, 0.5) is 5.69 Å². The Hall–Kier alpha value is -3.73. The molecule has 0 aromatic heterocycles. The Morgan fingerprint density at radius 1 is 0.743 bits per heavy atom. The molecule has 2 bridgehead atoms. The van der Waals surface area contributed by atoms with Crippen LogP contribution in [0.2, 0.25) is 0 Å². The molecular formula is C30H27NO4. The van der Waals surface area contributed by atoms with E-state index in [0.717, 1.165) is 41.5 Å². The molecule has 5 heteroatoms. The first-order valence-corrected chi connectivity index (χ1v) is 12.5. The van der Waals surface area contributed by atoms with E-state index in [-0.39, 0.29) is 35.4 Å². The number of esters is 1. The fraction of sp³-hybridized carbons (Fsp3) is 0.300. The van der Waals surface area contributed by atoms with Gasteiger partial charge in [-0.05, 0) is 40.8 Å². The van der Waals surface area contributed by atoms with Gasteiger partial charge in [-0.3, -0.25) is 14.4 Å². The van der Waals surface area contributed by atoms with Gasteiger partial charge in [-0.2, -0.15) is 0 Å². The summed E-state index contributed by atoms with van der Waals surface area (Å²) in [6.45, 7) is 2.08. The number of unbranched alkanes of at least 4 members (excludes halogenated alkanes) is 2. The van der Waals surface area contributed by atoms with Gasteiger partial charge in [0.15, 0.2) is 5.75 Å². The minimum Gasteiger partial charge on any atom is -0.424 e. The highest BCUT2D eigenvalue weighted by Gasteiger charge is 2.62. The number of carbonyl (C=O) groups is 3. The van der Waals surface area contributed by atoms with Gasteiger partial charge in [-0.1, -0.05) is 80.4 Å². The zero-order valence-electron chi connectivity index (χ0n) is 19.6. The summed E-state index contributed by atoms with van der Waals surface area (Å²) in [6, 6.07) is 23.3. The molecule has 35 heavy (non-hydrogen) atoms. The number of nitrogens with zero attached hydrogens (tertiary/aromatic N) is 1. The first-order chi connectivity index (χ1) is 17.1. The van der Waals surface area contributed by atoms with Crippen LogP contribution in [0.25, 0.3) is 0 Å². The van der Waals surface area contributed by atoms with Gasteiger partial charge in [-0.25, -0.2) is 4.90 Å². The number of hydrogen-bond acceptors (Lipinski definition) is 4. The fourth-order valence-electron chi connectivity index (χ4n) is 6.34. The second-order valence-electron chi connectivity index (χ2n) is 9.68. The molecular weight excluding hydrogens is 438 g/mol. The van der Waals surface area contributed by atoms with Crippen molar-refractivity contribution in [1.82, 2.24) is 0 Å². The van der Waals surface area contributed by atoms with Crippen molar-refractivity contribution in [3.8, 4) is 5.75 Å². The number of para-hydroxylation sites is 2. The lowest BCUT2D eigenvalue weighted by Crippen LogP contribution is -2.41. The van der Waals surface area contributed by atoms with Crippen LogP contribution in [0.1, 0.15) is 66.7 Å². The molecule has 1 fully saturated rings. The molecule has 4 aliphatic rings. The van der Waals surface area contributed by atoms with Crippen molar-refractivity contribution < 1.29 is 19.1 Å². The molecule has 1 heterocycles. The summed E-state index contributed by atoms with van der Waals surface area (Å²) in [5, 5.41) is 0. The lowest BCUT2D eigenvalue weighted by Gasteiger charge is -2.45. The van der Waals surface area contributed by atoms with Crippen molar-refractivity contribution in [2.45, 2.75) is 44.4 Å². The molecule has 1 saturated heterocycles. The van der Waals surface area contributed by atoms with Crippen LogP contribution in [0.3, 0.4) is 0 Å². The van der Waals surface area contributed by atoms with Crippen LogP contribution in [0.15, 0.2) is 72.8 Å². The molecule has 1 aliphatic heterocycles. The molecule has 7 rings (SSSR count). The maximum Gasteiger partial charge on any atom is 0.311 e. The van der Waals surface area contributed by atoms with Crippen molar-refractivity contribution in [2.24, 2.45) is 11.8 Å². The number of benzene rings is 3. The molecule has 3 aromatic rings. The summed E-state index contributed by atoms with van der Waals surface area (Å²) in [4.78, 5) is 41.7. The number of imide groups is 1. The third-order valence-corrected chi connectivity index (χ3v) is 7.76. The van der Waals surface area contributed by atoms with E-state index in [4.69, 9.17) is 4.74 Å². The number of rotatable bonds is 6. The first kappa shape index (κ1) is 21.8. The molecule has 0 radical (unpaired) electrons. The van der Waals surface area contributed by atoms with E-state index in [9.17, 15) is 14.4 Å². The third kappa shape index (κ3) is 3.25. The van der Waals surface area contributed by atoms with E-state index in [0.29, 0.717) is 12.1 Å². The zero-order chi connectivity index (χ0) is 24.1. The van der Waals surface area contributed by atoms with Crippen LogP contribution >= 0.6 is 0 Å². The van der Waals surface area contributed by atoms with Gasteiger partial charge in [0.25, 0.3) is 0 Å². The normalized spacial score (nSPS) is 23.6. The summed E-state index contributed by atoms with van der Waals surface area (Å²) in [6.07, 6.45) is 3.02. The molecule has 176 valence electrons. The molecule has 2 atom stereocenters. The number of amides is 2. The Labute approximate surface area is 204 Å². The molecule has 0 N–H and O–H groups in total. The van der Waals surface area contributed by atoms with E-state index < -0.39 is 11.8 Å². The molecule has 0 spiro atoms. The highest BCUT2D eigenvalue weighted by atomic mass is 16.5. The van der Waals surface area contributed by atoms with Gasteiger partial charge in [0, 0.05) is 18.3 Å². The Bertz CT molecular complexity index is 1230. The quantitative estimate of drug-likeness (QED) is 0.207. The molecule has 2 amide bonds. The second kappa shape index (κ2) is 8.49. The smallest absolute Gasteiger partial charge is 0.311 e. The number of anilines is 1. The molecule has 5 nitrogen and oxygen atoms in total. The fourth-order valence-corrected chi connectivity index (χ4v) is 6.34. The van der Waals surface area contributed by atoms with Crippen molar-refractivity contribution in [1.29, 1.82) is 0 Å². The van der Waals surface area contributed by atoms with E-state index in [1.807, 2.05) is 24.3 Å².